The third-order valence-corrected chi connectivity index (χ3v) is 7.02. The summed E-state index contributed by atoms with van der Waals surface area (Å²) in [7, 11) is -0.310. The van der Waals surface area contributed by atoms with Gasteiger partial charge in [0.1, 0.15) is 5.60 Å². The highest BCUT2D eigenvalue weighted by Gasteiger charge is 2.62. The zero-order valence-corrected chi connectivity index (χ0v) is 17.8. The highest BCUT2D eigenvalue weighted by Crippen LogP contribution is 2.61. The SMILES string of the molecule is CC(CC[C@@H](Cl)B1OC2[C@H]3C[C@@H](C[C@H]2O1)C3(C)C)CC(=O)OC(C)(C)C. The Kier molecular flexibility index (Phi) is 5.74. The molecule has 3 saturated carbocycles. The van der Waals surface area contributed by atoms with Gasteiger partial charge < -0.3 is 14.0 Å². The molecular weight excluding hydrogens is 350 g/mol. The quantitative estimate of drug-likeness (QED) is 0.381. The van der Waals surface area contributed by atoms with E-state index in [-0.39, 0.29) is 36.5 Å². The van der Waals surface area contributed by atoms with E-state index >= 15 is 0 Å². The summed E-state index contributed by atoms with van der Waals surface area (Å²) in [6.45, 7) is 12.5. The minimum atomic E-state index is -0.428. The summed E-state index contributed by atoms with van der Waals surface area (Å²) in [5.74, 6) is 1.46. The Bertz CT molecular complexity index is 532. The van der Waals surface area contributed by atoms with E-state index in [0.717, 1.165) is 25.2 Å². The monoisotopic (exact) mass is 384 g/mol. The minimum absolute atomic E-state index is 0.141. The number of carbonyl (C=O) groups excluding carboxylic acids is 1. The van der Waals surface area contributed by atoms with E-state index in [9.17, 15) is 4.79 Å². The molecule has 4 nitrogen and oxygen atoms in total. The van der Waals surface area contributed by atoms with Crippen molar-refractivity contribution in [1.29, 1.82) is 0 Å². The van der Waals surface area contributed by atoms with E-state index < -0.39 is 5.60 Å². The van der Waals surface area contributed by atoms with Gasteiger partial charge in [-0.1, -0.05) is 20.8 Å². The fraction of sp³-hybridized carbons (Fsp3) is 0.950. The standard InChI is InChI=1S/C20H34BClO4/c1-12(9-17(23)24-19(2,3)4)7-8-16(22)21-25-15-11-13-10-14(18(15)26-21)20(13,5)6/h12-16,18H,7-11H2,1-6H3/t12?,13-,14+,15+,16+,18?/m0/s1. The van der Waals surface area contributed by atoms with Crippen LogP contribution in [0.2, 0.25) is 0 Å². The maximum Gasteiger partial charge on any atom is 0.476 e. The van der Waals surface area contributed by atoms with E-state index in [1.165, 1.54) is 6.42 Å². The van der Waals surface area contributed by atoms with E-state index in [0.29, 0.717) is 17.8 Å². The second-order valence-electron chi connectivity index (χ2n) is 10.2. The predicted molar refractivity (Wildman–Crippen MR) is 104 cm³/mol. The molecule has 1 saturated heterocycles. The first-order valence-corrected chi connectivity index (χ1v) is 10.6. The van der Waals surface area contributed by atoms with Gasteiger partial charge in [-0.3, -0.25) is 4.79 Å². The Morgan fingerprint density at radius 2 is 1.96 bits per heavy atom. The molecule has 2 bridgehead atoms. The van der Waals surface area contributed by atoms with Crippen LogP contribution in [0.15, 0.2) is 0 Å². The van der Waals surface area contributed by atoms with Crippen molar-refractivity contribution in [1.82, 2.24) is 0 Å². The van der Waals surface area contributed by atoms with E-state index in [4.69, 9.17) is 25.6 Å². The first-order chi connectivity index (χ1) is 12.0. The average Bonchev–Trinajstić information content (AvgIpc) is 2.94. The molecule has 2 unspecified atom stereocenters. The summed E-state index contributed by atoms with van der Waals surface area (Å²) in [4.78, 5) is 11.9. The Hall–Kier alpha value is -0.255. The van der Waals surface area contributed by atoms with E-state index in [2.05, 4.69) is 20.8 Å². The lowest BCUT2D eigenvalue weighted by atomic mass is 9.47. The zero-order valence-electron chi connectivity index (χ0n) is 17.1. The van der Waals surface area contributed by atoms with Crippen molar-refractivity contribution in [2.24, 2.45) is 23.2 Å². The van der Waals surface area contributed by atoms with E-state index in [1.54, 1.807) is 0 Å². The highest BCUT2D eigenvalue weighted by atomic mass is 35.5. The zero-order chi connectivity index (χ0) is 19.3. The molecule has 0 N–H and O–H groups in total. The Morgan fingerprint density at radius 3 is 2.58 bits per heavy atom. The molecule has 4 fully saturated rings. The van der Waals surface area contributed by atoms with Crippen LogP contribution in [-0.2, 0) is 18.8 Å². The number of rotatable bonds is 6. The highest BCUT2D eigenvalue weighted by molar-refractivity contribution is 6.59. The Labute approximate surface area is 163 Å². The van der Waals surface area contributed by atoms with Crippen molar-refractivity contribution in [3.8, 4) is 0 Å². The lowest BCUT2D eigenvalue weighted by molar-refractivity contribution is -0.155. The van der Waals surface area contributed by atoms with Crippen molar-refractivity contribution >= 4 is 24.7 Å². The van der Waals surface area contributed by atoms with Crippen LogP contribution in [0.5, 0.6) is 0 Å². The maximum absolute atomic E-state index is 11.9. The van der Waals surface area contributed by atoms with Gasteiger partial charge in [0.05, 0.1) is 17.5 Å². The van der Waals surface area contributed by atoms with Crippen LogP contribution in [0.3, 0.4) is 0 Å². The molecule has 148 valence electrons. The molecule has 6 atom stereocenters. The Balaban J connectivity index is 1.42. The van der Waals surface area contributed by atoms with E-state index in [1.807, 2.05) is 20.8 Å². The number of hydrogen-bond donors (Lipinski definition) is 0. The smallest absolute Gasteiger partial charge is 0.460 e. The maximum atomic E-state index is 11.9. The molecule has 0 amide bonds. The molecule has 1 aliphatic heterocycles. The normalized spacial score (nSPS) is 34.7. The van der Waals surface area contributed by atoms with Gasteiger partial charge in [-0.25, -0.2) is 0 Å². The summed E-state index contributed by atoms with van der Waals surface area (Å²) >= 11 is 6.61. The number of hydrogen-bond acceptors (Lipinski definition) is 4. The summed E-state index contributed by atoms with van der Waals surface area (Å²) in [6.07, 6.45) is 4.87. The summed E-state index contributed by atoms with van der Waals surface area (Å²) in [5.41, 5.74) is -0.0503. The first kappa shape index (κ1) is 20.5. The summed E-state index contributed by atoms with van der Waals surface area (Å²) in [6, 6.07) is 0. The molecule has 4 rings (SSSR count). The van der Waals surface area contributed by atoms with Crippen LogP contribution in [0, 0.1) is 23.2 Å². The van der Waals surface area contributed by atoms with Gasteiger partial charge in [-0.2, -0.15) is 0 Å². The molecule has 0 radical (unpaired) electrons. The molecule has 6 heteroatoms. The van der Waals surface area contributed by atoms with Gasteiger partial charge >= 0.3 is 13.1 Å². The van der Waals surface area contributed by atoms with Gasteiger partial charge in [0.25, 0.3) is 0 Å². The molecular formula is C20H34BClO4. The number of carbonyl (C=O) groups is 1. The molecule has 0 aromatic carbocycles. The molecule has 0 spiro atoms. The molecule has 1 heterocycles. The van der Waals surface area contributed by atoms with Gasteiger partial charge in [-0.15, -0.1) is 11.6 Å². The van der Waals surface area contributed by atoms with Crippen LogP contribution in [0.25, 0.3) is 0 Å². The van der Waals surface area contributed by atoms with Gasteiger partial charge in [0.2, 0.25) is 0 Å². The molecule has 26 heavy (non-hydrogen) atoms. The summed E-state index contributed by atoms with van der Waals surface area (Å²) < 4.78 is 17.8. The topological polar surface area (TPSA) is 44.8 Å². The molecule has 0 aromatic heterocycles. The van der Waals surface area contributed by atoms with Crippen molar-refractivity contribution in [3.63, 3.8) is 0 Å². The van der Waals surface area contributed by atoms with Crippen LogP contribution in [-0.4, -0.2) is 36.2 Å². The number of ether oxygens (including phenoxy) is 1. The van der Waals surface area contributed by atoms with Crippen LogP contribution in [0.1, 0.15) is 73.6 Å². The number of esters is 1. The number of halogens is 1. The third kappa shape index (κ3) is 4.25. The van der Waals surface area contributed by atoms with Crippen molar-refractivity contribution in [2.75, 3.05) is 0 Å². The largest absolute Gasteiger partial charge is 0.476 e. The second-order valence-corrected chi connectivity index (χ2v) is 10.8. The predicted octanol–water partition coefficient (Wildman–Crippen LogP) is 4.62. The summed E-state index contributed by atoms with van der Waals surface area (Å²) in [5, 5.41) is -0.165. The first-order valence-electron chi connectivity index (χ1n) is 10.1. The molecule has 3 aliphatic carbocycles. The number of alkyl halides is 1. The molecule has 0 aromatic rings. The second kappa shape index (κ2) is 7.29. The van der Waals surface area contributed by atoms with Gasteiger partial charge in [0.15, 0.2) is 0 Å². The van der Waals surface area contributed by atoms with Crippen molar-refractivity contribution in [3.05, 3.63) is 0 Å². The lowest BCUT2D eigenvalue weighted by Gasteiger charge is -2.60. The minimum Gasteiger partial charge on any atom is -0.460 e. The van der Waals surface area contributed by atoms with Gasteiger partial charge in [0, 0.05) is 6.42 Å². The van der Waals surface area contributed by atoms with Crippen molar-refractivity contribution < 1.29 is 18.8 Å². The van der Waals surface area contributed by atoms with Crippen LogP contribution >= 0.6 is 11.6 Å². The van der Waals surface area contributed by atoms with Crippen LogP contribution < -0.4 is 0 Å². The van der Waals surface area contributed by atoms with Crippen LogP contribution in [0.4, 0.5) is 0 Å². The fourth-order valence-electron chi connectivity index (χ4n) is 4.88. The average molecular weight is 385 g/mol. The molecule has 4 aliphatic rings. The van der Waals surface area contributed by atoms with Gasteiger partial charge in [-0.05, 0) is 69.6 Å². The van der Waals surface area contributed by atoms with Crippen molar-refractivity contribution in [2.45, 2.75) is 96.7 Å². The third-order valence-electron chi connectivity index (χ3n) is 6.59. The fourth-order valence-corrected chi connectivity index (χ4v) is 5.13. The Morgan fingerprint density at radius 1 is 1.27 bits per heavy atom. The lowest BCUT2D eigenvalue weighted by Crippen LogP contribution is -2.59.